The number of ether oxygens (including phenoxy) is 1. The summed E-state index contributed by atoms with van der Waals surface area (Å²) in [6.45, 7) is 0.557. The summed E-state index contributed by atoms with van der Waals surface area (Å²) in [7, 11) is 1.22. The molecule has 16 heavy (non-hydrogen) atoms. The van der Waals surface area contributed by atoms with Crippen molar-refractivity contribution in [1.29, 1.82) is 0 Å². The van der Waals surface area contributed by atoms with Gasteiger partial charge in [0, 0.05) is 6.42 Å². The molecule has 1 aliphatic heterocycles. The molecule has 8 heteroatoms. The summed E-state index contributed by atoms with van der Waals surface area (Å²) in [6, 6.07) is 0. The molecule has 1 fully saturated rings. The lowest BCUT2D eigenvalue weighted by Crippen LogP contribution is -2.48. The minimum atomic E-state index is -4.19. The molecule has 4 nitrogen and oxygen atoms in total. The molecule has 0 aromatic rings. The fraction of sp³-hybridized carbons (Fsp3) is 1.00. The van der Waals surface area contributed by atoms with Crippen LogP contribution in [-0.2, 0) is 9.57 Å². The van der Waals surface area contributed by atoms with Crippen LogP contribution in [0.2, 0.25) is 0 Å². The van der Waals surface area contributed by atoms with E-state index in [-0.39, 0.29) is 19.8 Å². The van der Waals surface area contributed by atoms with Crippen molar-refractivity contribution < 1.29 is 27.7 Å². The molecule has 0 aromatic carbocycles. The lowest BCUT2D eigenvalue weighted by molar-refractivity contribution is -0.796. The molecule has 0 amide bonds. The second-order valence-corrected chi connectivity index (χ2v) is 5.01. The van der Waals surface area contributed by atoms with E-state index in [1.807, 2.05) is 0 Å². The zero-order valence-corrected chi connectivity index (χ0v) is 9.57. The van der Waals surface area contributed by atoms with Gasteiger partial charge < -0.3 is 4.74 Å². The molecule has 0 unspecified atom stereocenters. The minimum Gasteiger partial charge on any atom is -0.378 e. The Balaban J connectivity index is 2.36. The fourth-order valence-corrected chi connectivity index (χ4v) is 2.29. The van der Waals surface area contributed by atoms with Gasteiger partial charge in [-0.2, -0.15) is 13.2 Å². The summed E-state index contributed by atoms with van der Waals surface area (Å²) in [5.41, 5.74) is 0. The molecule has 0 N–H and O–H groups in total. The number of thioether (sulfide) groups is 1. The summed E-state index contributed by atoms with van der Waals surface area (Å²) >= 11 is 0.799. The van der Waals surface area contributed by atoms with E-state index in [0.29, 0.717) is 11.3 Å². The van der Waals surface area contributed by atoms with Crippen LogP contribution in [0.15, 0.2) is 0 Å². The largest absolute Gasteiger partial charge is 0.397 e. The highest BCUT2D eigenvalue weighted by Gasteiger charge is 2.44. The normalized spacial score (nSPS) is 19.0. The van der Waals surface area contributed by atoms with E-state index in [1.165, 1.54) is 7.11 Å². The van der Waals surface area contributed by atoms with Crippen molar-refractivity contribution in [2.24, 2.45) is 0 Å². The maximum atomic E-state index is 12.1. The lowest BCUT2D eigenvalue weighted by Gasteiger charge is -2.39. The van der Waals surface area contributed by atoms with Crippen LogP contribution in [0, 0.1) is 4.91 Å². The first-order valence-electron chi connectivity index (χ1n) is 4.64. The van der Waals surface area contributed by atoms with Gasteiger partial charge in [0.15, 0.2) is 7.11 Å². The Hall–Kier alpha value is -0.500. The van der Waals surface area contributed by atoms with Gasteiger partial charge in [-0.1, -0.05) is 0 Å². The van der Waals surface area contributed by atoms with Gasteiger partial charge in [0.1, 0.15) is 0 Å². The first kappa shape index (κ1) is 13.6. The average molecular weight is 260 g/mol. The van der Waals surface area contributed by atoms with Crippen molar-refractivity contribution in [1.82, 2.24) is 0 Å². The number of hydrogen-bond acceptors (Lipinski definition) is 4. The zero-order chi connectivity index (χ0) is 12.2. The summed E-state index contributed by atoms with van der Waals surface area (Å²) in [4.78, 5) is 15.5. The lowest BCUT2D eigenvalue weighted by atomic mass is 10.0. The minimum absolute atomic E-state index is 0.0463. The predicted octanol–water partition coefficient (Wildman–Crippen LogP) is 1.78. The summed E-state index contributed by atoms with van der Waals surface area (Å²) in [6.07, 6.45) is -3.86. The Labute approximate surface area is 95.0 Å². The quantitative estimate of drug-likeness (QED) is 0.682. The molecule has 0 radical (unpaired) electrons. The second kappa shape index (κ2) is 5.22. The summed E-state index contributed by atoms with van der Waals surface area (Å²) < 4.78 is 40.5. The van der Waals surface area contributed by atoms with Crippen LogP contribution in [0.3, 0.4) is 0 Å². The first-order chi connectivity index (χ1) is 7.37. The Morgan fingerprint density at radius 3 is 2.50 bits per heavy atom. The molecule has 1 aliphatic rings. The molecule has 1 saturated heterocycles. The number of rotatable bonds is 6. The Morgan fingerprint density at radius 1 is 1.50 bits per heavy atom. The Bertz CT molecular complexity index is 255. The smallest absolute Gasteiger partial charge is 0.378 e. The van der Waals surface area contributed by atoms with Crippen molar-refractivity contribution in [3.05, 3.63) is 4.91 Å². The van der Waals surface area contributed by atoms with Crippen LogP contribution in [0.5, 0.6) is 0 Å². The summed E-state index contributed by atoms with van der Waals surface area (Å²) in [5, 5.41) is 0. The molecule has 0 spiro atoms. The van der Waals surface area contributed by atoms with Crippen molar-refractivity contribution >= 4 is 11.8 Å². The molecule has 0 aliphatic carbocycles. The number of alkyl halides is 3. The van der Waals surface area contributed by atoms with Crippen LogP contribution < -0.4 is 0 Å². The fourth-order valence-electron chi connectivity index (χ4n) is 1.25. The molecule has 0 atom stereocenters. The zero-order valence-electron chi connectivity index (χ0n) is 8.75. The highest BCUT2D eigenvalue weighted by Crippen LogP contribution is 2.39. The molecule has 0 saturated carbocycles. The topological polar surface area (TPSA) is 38.5 Å². The summed E-state index contributed by atoms with van der Waals surface area (Å²) in [5.74, 6) is -0.914. The van der Waals surface area contributed by atoms with E-state index in [0.717, 1.165) is 11.8 Å². The van der Waals surface area contributed by atoms with Crippen LogP contribution >= 0.6 is 11.8 Å². The SMILES string of the molecule is CO[N+](=O)CCC1(SCC(F)(F)F)COC1. The molecule has 94 valence electrons. The van der Waals surface area contributed by atoms with Crippen molar-refractivity contribution in [2.45, 2.75) is 17.3 Å². The highest BCUT2D eigenvalue weighted by molar-refractivity contribution is 8.00. The predicted molar refractivity (Wildman–Crippen MR) is 52.2 cm³/mol. The Morgan fingerprint density at radius 2 is 2.12 bits per heavy atom. The number of nitrogens with zero attached hydrogens (tertiary/aromatic N) is 1. The van der Waals surface area contributed by atoms with Crippen molar-refractivity contribution in [3.8, 4) is 0 Å². The van der Waals surface area contributed by atoms with Gasteiger partial charge in [0.05, 0.1) is 28.6 Å². The van der Waals surface area contributed by atoms with Gasteiger partial charge >= 0.3 is 6.18 Å². The van der Waals surface area contributed by atoms with Crippen LogP contribution in [-0.4, -0.2) is 48.5 Å². The number of hydrogen-bond donors (Lipinski definition) is 0. The monoisotopic (exact) mass is 260 g/mol. The Kier molecular flexibility index (Phi) is 4.43. The van der Waals surface area contributed by atoms with Gasteiger partial charge in [-0.3, -0.25) is 0 Å². The van der Waals surface area contributed by atoms with Crippen LogP contribution in [0.4, 0.5) is 13.2 Å². The first-order valence-corrected chi connectivity index (χ1v) is 5.63. The van der Waals surface area contributed by atoms with Gasteiger partial charge in [0.25, 0.3) is 0 Å². The van der Waals surface area contributed by atoms with Crippen molar-refractivity contribution in [3.63, 3.8) is 0 Å². The molecule has 1 heterocycles. The molecular formula is C8H13F3NO3S+. The van der Waals surface area contributed by atoms with E-state index in [2.05, 4.69) is 4.84 Å². The average Bonchev–Trinajstić information content (AvgIpc) is 2.13. The maximum absolute atomic E-state index is 12.1. The van der Waals surface area contributed by atoms with E-state index in [1.54, 1.807) is 0 Å². The van der Waals surface area contributed by atoms with Gasteiger partial charge in [-0.05, 0) is 0 Å². The third kappa shape index (κ3) is 4.17. The van der Waals surface area contributed by atoms with E-state index >= 15 is 0 Å². The molecule has 1 rings (SSSR count). The second-order valence-electron chi connectivity index (χ2n) is 3.57. The molecule has 0 aromatic heterocycles. The molecule has 0 bridgehead atoms. The van der Waals surface area contributed by atoms with Crippen LogP contribution in [0.1, 0.15) is 6.42 Å². The van der Waals surface area contributed by atoms with Gasteiger partial charge in [-0.15, -0.1) is 11.8 Å². The van der Waals surface area contributed by atoms with Gasteiger partial charge in [-0.25, -0.2) is 4.84 Å². The van der Waals surface area contributed by atoms with Gasteiger partial charge in [0.2, 0.25) is 11.5 Å². The van der Waals surface area contributed by atoms with E-state index in [9.17, 15) is 18.1 Å². The van der Waals surface area contributed by atoms with Crippen molar-refractivity contribution in [2.75, 3.05) is 32.6 Å². The molecular weight excluding hydrogens is 247 g/mol. The van der Waals surface area contributed by atoms with E-state index < -0.39 is 16.7 Å². The highest BCUT2D eigenvalue weighted by atomic mass is 32.2. The third-order valence-electron chi connectivity index (χ3n) is 2.23. The van der Waals surface area contributed by atoms with E-state index in [4.69, 9.17) is 4.74 Å². The van der Waals surface area contributed by atoms with Crippen LogP contribution in [0.25, 0.3) is 0 Å². The third-order valence-corrected chi connectivity index (χ3v) is 3.75. The standard InChI is InChI=1S/C8H13F3NO3S/c1-14-12(13)3-2-7(4-15-5-7)16-6-8(9,10)11/h2-6H2,1H3/q+1. The maximum Gasteiger partial charge on any atom is 0.397 e. The number of halogens is 3.